The van der Waals surface area contributed by atoms with Crippen molar-refractivity contribution in [1.82, 2.24) is 0 Å². The van der Waals surface area contributed by atoms with E-state index in [4.69, 9.17) is 18.5 Å². The number of carbonyl (C=O) groups excluding carboxylic acids is 2. The molecular formula is C38H65O10P. The van der Waals surface area contributed by atoms with Crippen molar-refractivity contribution in [1.29, 1.82) is 0 Å². The van der Waals surface area contributed by atoms with Crippen molar-refractivity contribution in [2.24, 2.45) is 0 Å². The molecule has 0 rings (SSSR count). The van der Waals surface area contributed by atoms with E-state index in [9.17, 15) is 29.3 Å². The number of phosphoric acid groups is 1. The fraction of sp³-hybridized carbons (Fsp3) is 0.684. The van der Waals surface area contributed by atoms with E-state index in [0.29, 0.717) is 12.8 Å². The number of unbranched alkanes of at least 4 members (excludes halogenated alkanes) is 9. The van der Waals surface area contributed by atoms with Gasteiger partial charge in [-0.15, -0.1) is 0 Å². The van der Waals surface area contributed by atoms with Crippen LogP contribution in [0.3, 0.4) is 0 Å². The highest BCUT2D eigenvalue weighted by molar-refractivity contribution is 7.47. The Morgan fingerprint density at radius 2 is 1.00 bits per heavy atom. The second-order valence-electron chi connectivity index (χ2n) is 11.8. The minimum Gasteiger partial charge on any atom is -0.457 e. The molecule has 0 aromatic rings. The third-order valence-electron chi connectivity index (χ3n) is 7.23. The molecule has 11 heteroatoms. The number of ether oxygens (including phenoxy) is 2. The van der Waals surface area contributed by atoms with Gasteiger partial charge in [-0.1, -0.05) is 113 Å². The summed E-state index contributed by atoms with van der Waals surface area (Å²) in [5.41, 5.74) is 0. The quantitative estimate of drug-likeness (QED) is 0.0261. The Balaban J connectivity index is 4.12. The molecule has 10 nitrogen and oxygen atoms in total. The molecule has 3 atom stereocenters. The molecule has 0 heterocycles. The van der Waals surface area contributed by atoms with Crippen molar-refractivity contribution >= 4 is 19.8 Å². The highest BCUT2D eigenvalue weighted by Crippen LogP contribution is 2.43. The normalized spacial score (nSPS) is 14.8. The maximum absolute atomic E-state index is 12.3. The summed E-state index contributed by atoms with van der Waals surface area (Å²) in [6, 6.07) is 0. The SMILES string of the molecule is CC/C=C\C/C=C\C/C=C\C/C=C\CCC(=O)OC(CO)COP(=O)(O)OCC(CO)OC(=O)CCCCCCC/C=C\CCCCCC. The average Bonchev–Trinajstić information content (AvgIpc) is 3.09. The second kappa shape index (κ2) is 34.1. The summed E-state index contributed by atoms with van der Waals surface area (Å²) < 4.78 is 32.3. The van der Waals surface area contributed by atoms with Crippen LogP contribution in [-0.4, -0.2) is 65.7 Å². The number of esters is 2. The molecule has 3 N–H and O–H groups in total. The van der Waals surface area contributed by atoms with E-state index >= 15 is 0 Å². The zero-order chi connectivity index (χ0) is 36.3. The van der Waals surface area contributed by atoms with E-state index in [0.717, 1.165) is 64.2 Å². The van der Waals surface area contributed by atoms with Crippen molar-refractivity contribution < 1.29 is 47.8 Å². The average molecular weight is 713 g/mol. The number of hydrogen-bond donors (Lipinski definition) is 3. The summed E-state index contributed by atoms with van der Waals surface area (Å²) in [4.78, 5) is 34.3. The summed E-state index contributed by atoms with van der Waals surface area (Å²) in [6.07, 6.45) is 35.0. The Hall–Kier alpha value is -2.33. The summed E-state index contributed by atoms with van der Waals surface area (Å²) in [6.45, 7) is 1.94. The van der Waals surface area contributed by atoms with Crippen LogP contribution in [0.4, 0.5) is 0 Å². The maximum atomic E-state index is 12.3. The lowest BCUT2D eigenvalue weighted by Crippen LogP contribution is -2.28. The van der Waals surface area contributed by atoms with Gasteiger partial charge in [0, 0.05) is 12.8 Å². The molecule has 0 saturated heterocycles. The first-order valence-electron chi connectivity index (χ1n) is 18.2. The molecule has 0 spiro atoms. The highest BCUT2D eigenvalue weighted by atomic mass is 31.2. The van der Waals surface area contributed by atoms with Crippen LogP contribution in [0.5, 0.6) is 0 Å². The molecule has 282 valence electrons. The lowest BCUT2D eigenvalue weighted by Gasteiger charge is -2.20. The molecule has 0 bridgehead atoms. The van der Waals surface area contributed by atoms with Crippen LogP contribution in [0.15, 0.2) is 60.8 Å². The van der Waals surface area contributed by atoms with Crippen LogP contribution in [0.1, 0.15) is 129 Å². The van der Waals surface area contributed by atoms with Gasteiger partial charge in [0.2, 0.25) is 0 Å². The predicted octanol–water partition coefficient (Wildman–Crippen LogP) is 8.77. The van der Waals surface area contributed by atoms with Gasteiger partial charge in [-0.2, -0.15) is 0 Å². The van der Waals surface area contributed by atoms with Crippen LogP contribution in [0.2, 0.25) is 0 Å². The van der Waals surface area contributed by atoms with Gasteiger partial charge in [-0.05, 0) is 64.2 Å². The zero-order valence-corrected chi connectivity index (χ0v) is 31.0. The fourth-order valence-electron chi connectivity index (χ4n) is 4.41. The fourth-order valence-corrected chi connectivity index (χ4v) is 5.20. The van der Waals surface area contributed by atoms with Gasteiger partial charge in [0.1, 0.15) is 12.2 Å². The molecule has 49 heavy (non-hydrogen) atoms. The molecule has 3 unspecified atom stereocenters. The molecule has 0 aliphatic rings. The van der Waals surface area contributed by atoms with Gasteiger partial charge in [-0.3, -0.25) is 18.6 Å². The number of hydrogen-bond acceptors (Lipinski definition) is 9. The second-order valence-corrected chi connectivity index (χ2v) is 13.3. The molecule has 0 aliphatic heterocycles. The van der Waals surface area contributed by atoms with Crippen molar-refractivity contribution in [3.63, 3.8) is 0 Å². The monoisotopic (exact) mass is 712 g/mol. The third-order valence-corrected chi connectivity index (χ3v) is 8.18. The van der Waals surface area contributed by atoms with Gasteiger partial charge < -0.3 is 24.6 Å². The van der Waals surface area contributed by atoms with Crippen LogP contribution >= 0.6 is 7.82 Å². The van der Waals surface area contributed by atoms with Crippen LogP contribution in [0, 0.1) is 0 Å². The Bertz CT molecular complexity index is 1000. The minimum absolute atomic E-state index is 0.0679. The lowest BCUT2D eigenvalue weighted by atomic mass is 10.1. The molecule has 0 aliphatic carbocycles. The van der Waals surface area contributed by atoms with Crippen LogP contribution in [0.25, 0.3) is 0 Å². The minimum atomic E-state index is -4.65. The first-order valence-corrected chi connectivity index (χ1v) is 19.7. The van der Waals surface area contributed by atoms with Crippen molar-refractivity contribution in [3.05, 3.63) is 60.8 Å². The number of carbonyl (C=O) groups is 2. The molecule has 0 amide bonds. The first kappa shape index (κ1) is 46.7. The Morgan fingerprint density at radius 1 is 0.571 bits per heavy atom. The Labute approximate surface area is 296 Å². The lowest BCUT2D eigenvalue weighted by molar-refractivity contribution is -0.153. The van der Waals surface area contributed by atoms with Crippen molar-refractivity contribution in [2.45, 2.75) is 142 Å². The van der Waals surface area contributed by atoms with Crippen molar-refractivity contribution in [3.8, 4) is 0 Å². The zero-order valence-electron chi connectivity index (χ0n) is 30.1. The van der Waals surface area contributed by atoms with Gasteiger partial charge in [0.15, 0.2) is 0 Å². The standard InChI is InChI=1S/C38H65O10P/c1-3-5-7-9-11-13-15-17-19-21-23-25-27-29-37(41)47-35(31-39)33-45-49(43,44)46-34-36(32-40)48-38(42)30-28-26-24-22-20-18-16-14-12-10-8-6-4-2/h5,7,11,13-14,16-17,19,23,25,35-36,39-40H,3-4,6,8-10,12,15,18,20-22,24,26-34H2,1-2H3,(H,43,44)/b7-5-,13-11-,16-14-,19-17-,25-23-. The highest BCUT2D eigenvalue weighted by Gasteiger charge is 2.27. The first-order chi connectivity index (χ1) is 23.8. The van der Waals surface area contributed by atoms with Gasteiger partial charge in [0.25, 0.3) is 0 Å². The largest absolute Gasteiger partial charge is 0.472 e. The summed E-state index contributed by atoms with van der Waals surface area (Å²) in [5, 5.41) is 19.0. The maximum Gasteiger partial charge on any atom is 0.472 e. The summed E-state index contributed by atoms with van der Waals surface area (Å²) in [5.74, 6) is -1.12. The van der Waals surface area contributed by atoms with Gasteiger partial charge in [-0.25, -0.2) is 4.57 Å². The predicted molar refractivity (Wildman–Crippen MR) is 196 cm³/mol. The molecule has 0 saturated carbocycles. The van der Waals surface area contributed by atoms with E-state index in [1.54, 1.807) is 0 Å². The van der Waals surface area contributed by atoms with Crippen molar-refractivity contribution in [2.75, 3.05) is 26.4 Å². The van der Waals surface area contributed by atoms with Gasteiger partial charge >= 0.3 is 19.8 Å². The molecule has 0 fully saturated rings. The van der Waals surface area contributed by atoms with E-state index in [1.165, 1.54) is 25.7 Å². The number of aliphatic hydroxyl groups is 2. The van der Waals surface area contributed by atoms with Gasteiger partial charge in [0.05, 0.1) is 26.4 Å². The van der Waals surface area contributed by atoms with E-state index in [-0.39, 0.29) is 12.8 Å². The summed E-state index contributed by atoms with van der Waals surface area (Å²) >= 11 is 0. The van der Waals surface area contributed by atoms with Crippen LogP contribution in [-0.2, 0) is 32.7 Å². The van der Waals surface area contributed by atoms with E-state index in [1.807, 2.05) is 18.2 Å². The molecule has 0 radical (unpaired) electrons. The third kappa shape index (κ3) is 32.6. The number of aliphatic hydroxyl groups excluding tert-OH is 2. The topological polar surface area (TPSA) is 149 Å². The Kier molecular flexibility index (Phi) is 32.5. The van der Waals surface area contributed by atoms with Crippen LogP contribution < -0.4 is 0 Å². The van der Waals surface area contributed by atoms with E-state index < -0.39 is 58.4 Å². The number of phosphoric ester groups is 1. The molecule has 0 aromatic carbocycles. The smallest absolute Gasteiger partial charge is 0.457 e. The number of rotatable bonds is 33. The molecular weight excluding hydrogens is 647 g/mol. The Morgan fingerprint density at radius 3 is 1.51 bits per heavy atom. The van der Waals surface area contributed by atoms with E-state index in [2.05, 4.69) is 56.4 Å². The summed E-state index contributed by atoms with van der Waals surface area (Å²) in [7, 11) is -4.65. The molecule has 0 aromatic heterocycles. The number of allylic oxidation sites excluding steroid dienone is 10.